The Kier molecular flexibility index (Phi) is 7.36. The van der Waals surface area contributed by atoms with Gasteiger partial charge >= 0.3 is 0 Å². The minimum Gasteiger partial charge on any atom is -0.268 e. The number of sulfonamides is 1. The van der Waals surface area contributed by atoms with Crippen LogP contribution >= 0.6 is 11.6 Å². The Hall–Kier alpha value is -3.85. The summed E-state index contributed by atoms with van der Waals surface area (Å²) in [5.41, 5.74) is 2.33. The van der Waals surface area contributed by atoms with Gasteiger partial charge in [-0.25, -0.2) is 12.7 Å². The molecule has 6 heteroatoms. The molecule has 35 heavy (non-hydrogen) atoms. The molecule has 0 bridgehead atoms. The standard InChI is InChI=1S/C29H22ClNO3S/c1-22-15-18-27(19-16-22)35(33,34)31(29(32)25-13-8-14-26(30)21-25)28(24-11-6-3-7-12-24)20-17-23-9-4-2-5-10-23/h2-16,18-19,21,28H,1H3. The van der Waals surface area contributed by atoms with Gasteiger partial charge in [0.25, 0.3) is 15.9 Å². The SMILES string of the molecule is Cc1ccc(S(=O)(=O)N(C(=O)c2cccc(Cl)c2)C(C#Cc2ccccc2)c2ccccc2)cc1. The topological polar surface area (TPSA) is 54.5 Å². The second-order valence-corrected chi connectivity index (χ2v) is 10.1. The molecule has 1 unspecified atom stereocenters. The third-order valence-electron chi connectivity index (χ3n) is 5.33. The van der Waals surface area contributed by atoms with Crippen LogP contribution in [-0.2, 0) is 10.0 Å². The van der Waals surface area contributed by atoms with E-state index >= 15 is 0 Å². The monoisotopic (exact) mass is 499 g/mol. The molecule has 1 atom stereocenters. The summed E-state index contributed by atoms with van der Waals surface area (Å²) in [6.07, 6.45) is 0. The summed E-state index contributed by atoms with van der Waals surface area (Å²) in [7, 11) is -4.29. The molecule has 0 aliphatic rings. The van der Waals surface area contributed by atoms with E-state index in [0.29, 0.717) is 16.1 Å². The number of carbonyl (C=O) groups is 1. The van der Waals surface area contributed by atoms with Gasteiger partial charge in [-0.2, -0.15) is 0 Å². The molecule has 0 fully saturated rings. The van der Waals surface area contributed by atoms with E-state index in [-0.39, 0.29) is 10.5 Å². The van der Waals surface area contributed by atoms with Crippen LogP contribution < -0.4 is 0 Å². The molecule has 0 N–H and O–H groups in total. The highest BCUT2D eigenvalue weighted by molar-refractivity contribution is 7.89. The fourth-order valence-corrected chi connectivity index (χ4v) is 5.20. The van der Waals surface area contributed by atoms with Crippen molar-refractivity contribution in [2.45, 2.75) is 17.9 Å². The number of amides is 1. The molecule has 1 amide bonds. The van der Waals surface area contributed by atoms with Crippen molar-refractivity contribution in [3.63, 3.8) is 0 Å². The van der Waals surface area contributed by atoms with Gasteiger partial charge < -0.3 is 0 Å². The smallest absolute Gasteiger partial charge is 0.268 e. The van der Waals surface area contributed by atoms with Crippen LogP contribution in [0.2, 0.25) is 5.02 Å². The van der Waals surface area contributed by atoms with Crippen LogP contribution in [0.25, 0.3) is 0 Å². The number of carbonyl (C=O) groups excluding carboxylic acids is 1. The molecular formula is C29H22ClNO3S. The van der Waals surface area contributed by atoms with E-state index in [0.717, 1.165) is 9.87 Å². The summed E-state index contributed by atoms with van der Waals surface area (Å²) in [5, 5.41) is 0.329. The van der Waals surface area contributed by atoms with Crippen molar-refractivity contribution < 1.29 is 13.2 Å². The largest absolute Gasteiger partial charge is 0.269 e. The molecule has 4 nitrogen and oxygen atoms in total. The molecule has 0 aromatic heterocycles. The van der Waals surface area contributed by atoms with Crippen molar-refractivity contribution in [3.05, 3.63) is 136 Å². The van der Waals surface area contributed by atoms with Gasteiger partial charge in [0.15, 0.2) is 0 Å². The van der Waals surface area contributed by atoms with Gasteiger partial charge in [0.1, 0.15) is 6.04 Å². The quantitative estimate of drug-likeness (QED) is 0.304. The van der Waals surface area contributed by atoms with Crippen molar-refractivity contribution in [2.24, 2.45) is 0 Å². The zero-order valence-electron chi connectivity index (χ0n) is 18.9. The maximum Gasteiger partial charge on any atom is 0.269 e. The normalized spacial score (nSPS) is 11.7. The maximum atomic E-state index is 14.0. The van der Waals surface area contributed by atoms with Gasteiger partial charge in [-0.1, -0.05) is 95.7 Å². The van der Waals surface area contributed by atoms with E-state index in [1.165, 1.54) is 18.2 Å². The van der Waals surface area contributed by atoms with Crippen LogP contribution in [0.15, 0.2) is 114 Å². The minimum atomic E-state index is -4.29. The second-order valence-electron chi connectivity index (χ2n) is 7.88. The Balaban J connectivity index is 1.93. The van der Waals surface area contributed by atoms with Gasteiger partial charge in [-0.3, -0.25) is 4.79 Å². The Bertz CT molecular complexity index is 1490. The van der Waals surface area contributed by atoms with E-state index in [1.807, 2.05) is 43.3 Å². The number of aryl methyl sites for hydroxylation is 1. The highest BCUT2D eigenvalue weighted by Gasteiger charge is 2.36. The molecular weight excluding hydrogens is 478 g/mol. The van der Waals surface area contributed by atoms with Gasteiger partial charge in [0.2, 0.25) is 0 Å². The summed E-state index contributed by atoms with van der Waals surface area (Å²) in [5.74, 6) is 5.37. The Morgan fingerprint density at radius 1 is 0.829 bits per heavy atom. The van der Waals surface area contributed by atoms with Crippen LogP contribution in [0, 0.1) is 18.8 Å². The van der Waals surface area contributed by atoms with Crippen LogP contribution in [0.1, 0.15) is 33.1 Å². The summed E-state index contributed by atoms with van der Waals surface area (Å²) in [4.78, 5) is 13.8. The molecule has 0 radical (unpaired) electrons. The van der Waals surface area contributed by atoms with Gasteiger partial charge in [-0.05, 0) is 55.0 Å². The van der Waals surface area contributed by atoms with Gasteiger partial charge in [0, 0.05) is 16.1 Å². The number of rotatable bonds is 5. The maximum absolute atomic E-state index is 14.0. The Morgan fingerprint density at radius 2 is 1.46 bits per heavy atom. The molecule has 0 aliphatic heterocycles. The number of halogens is 1. The van der Waals surface area contributed by atoms with Crippen LogP contribution in [-0.4, -0.2) is 18.6 Å². The first-order valence-electron chi connectivity index (χ1n) is 10.9. The fourth-order valence-electron chi connectivity index (χ4n) is 3.52. The lowest BCUT2D eigenvalue weighted by Gasteiger charge is -2.28. The van der Waals surface area contributed by atoms with E-state index in [9.17, 15) is 13.2 Å². The fraction of sp³-hybridized carbons (Fsp3) is 0.0690. The summed E-state index contributed by atoms with van der Waals surface area (Å²) < 4.78 is 28.8. The average molecular weight is 500 g/mol. The summed E-state index contributed by atoms with van der Waals surface area (Å²) >= 11 is 6.13. The zero-order chi connectivity index (χ0) is 24.8. The van der Waals surface area contributed by atoms with Crippen LogP contribution in [0.3, 0.4) is 0 Å². The van der Waals surface area contributed by atoms with Crippen molar-refractivity contribution in [3.8, 4) is 11.8 Å². The van der Waals surface area contributed by atoms with Crippen molar-refractivity contribution >= 4 is 27.5 Å². The summed E-state index contributed by atoms with van der Waals surface area (Å²) in [6.45, 7) is 1.86. The third-order valence-corrected chi connectivity index (χ3v) is 7.32. The number of hydrogen-bond acceptors (Lipinski definition) is 3. The zero-order valence-corrected chi connectivity index (χ0v) is 20.5. The van der Waals surface area contributed by atoms with Crippen molar-refractivity contribution in [1.29, 1.82) is 0 Å². The molecule has 0 saturated heterocycles. The van der Waals surface area contributed by atoms with E-state index in [2.05, 4.69) is 11.8 Å². The average Bonchev–Trinajstić information content (AvgIpc) is 2.87. The Morgan fingerprint density at radius 3 is 2.09 bits per heavy atom. The van der Waals surface area contributed by atoms with Crippen LogP contribution in [0.4, 0.5) is 0 Å². The third kappa shape index (κ3) is 5.63. The number of benzene rings is 4. The second kappa shape index (κ2) is 10.6. The first kappa shape index (κ1) is 24.3. The highest BCUT2D eigenvalue weighted by atomic mass is 35.5. The molecule has 0 aliphatic carbocycles. The molecule has 0 saturated carbocycles. The van der Waals surface area contributed by atoms with E-state index < -0.39 is 22.0 Å². The summed E-state index contributed by atoms with van der Waals surface area (Å²) in [6, 6.07) is 29.7. The van der Waals surface area contributed by atoms with Crippen molar-refractivity contribution in [2.75, 3.05) is 0 Å². The van der Waals surface area contributed by atoms with Gasteiger partial charge in [-0.15, -0.1) is 0 Å². The lowest BCUT2D eigenvalue weighted by molar-refractivity contribution is 0.0841. The molecule has 0 spiro atoms. The van der Waals surface area contributed by atoms with Crippen LogP contribution in [0.5, 0.6) is 0 Å². The number of nitrogens with zero attached hydrogens (tertiary/aromatic N) is 1. The molecule has 4 aromatic carbocycles. The lowest BCUT2D eigenvalue weighted by atomic mass is 10.1. The first-order chi connectivity index (χ1) is 16.9. The van der Waals surface area contributed by atoms with E-state index in [4.69, 9.17) is 11.6 Å². The van der Waals surface area contributed by atoms with Crippen molar-refractivity contribution in [1.82, 2.24) is 4.31 Å². The lowest BCUT2D eigenvalue weighted by Crippen LogP contribution is -2.39. The number of hydrogen-bond donors (Lipinski definition) is 0. The molecule has 174 valence electrons. The predicted octanol–water partition coefficient (Wildman–Crippen LogP) is 6.27. The first-order valence-corrected chi connectivity index (χ1v) is 12.7. The molecule has 4 aromatic rings. The minimum absolute atomic E-state index is 0.000852. The highest BCUT2D eigenvalue weighted by Crippen LogP contribution is 2.30. The van der Waals surface area contributed by atoms with Gasteiger partial charge in [0.05, 0.1) is 4.90 Å². The van der Waals surface area contributed by atoms with E-state index in [1.54, 1.807) is 54.6 Å². The predicted molar refractivity (Wildman–Crippen MR) is 138 cm³/mol. The molecule has 4 rings (SSSR count). The Labute approximate surface area is 210 Å². The molecule has 0 heterocycles.